The van der Waals surface area contributed by atoms with Crippen LogP contribution in [0.3, 0.4) is 0 Å². The second kappa shape index (κ2) is 6.01. The van der Waals surface area contributed by atoms with Gasteiger partial charge in [0.1, 0.15) is 12.4 Å². The molecule has 1 N–H and O–H groups in total. The van der Waals surface area contributed by atoms with Crippen molar-refractivity contribution in [2.24, 2.45) is 0 Å². The smallest absolute Gasteiger partial charge is 0.119 e. The molecule has 0 radical (unpaired) electrons. The van der Waals surface area contributed by atoms with E-state index in [2.05, 4.69) is 0 Å². The molecule has 0 saturated carbocycles. The number of hydrogen-bond acceptors (Lipinski definition) is 3. The molecule has 3 heteroatoms. The van der Waals surface area contributed by atoms with Gasteiger partial charge in [-0.2, -0.15) is 5.26 Å². The molecule has 0 atom stereocenters. The van der Waals surface area contributed by atoms with Crippen molar-refractivity contribution in [1.82, 2.24) is 0 Å². The number of ether oxygens (including phenoxy) is 1. The highest BCUT2D eigenvalue weighted by atomic mass is 16.5. The van der Waals surface area contributed by atoms with Gasteiger partial charge in [-0.1, -0.05) is 12.1 Å². The van der Waals surface area contributed by atoms with Crippen LogP contribution < -0.4 is 4.74 Å². The number of aliphatic hydroxyl groups excluding tert-OH is 1. The lowest BCUT2D eigenvalue weighted by Gasteiger charge is -2.04. The predicted octanol–water partition coefficient (Wildman–Crippen LogP) is 1.51. The van der Waals surface area contributed by atoms with Crippen molar-refractivity contribution in [3.8, 4) is 11.8 Å². The van der Waals surface area contributed by atoms with E-state index in [1.54, 1.807) is 0 Å². The Morgan fingerprint density at radius 1 is 1.29 bits per heavy atom. The SMILES string of the molecule is N#CCCOc1ccc(CCO)cc1. The fraction of sp³-hybridized carbons (Fsp3) is 0.364. The van der Waals surface area contributed by atoms with E-state index in [0.717, 1.165) is 11.3 Å². The molecule has 0 aromatic heterocycles. The van der Waals surface area contributed by atoms with Crippen LogP contribution in [-0.2, 0) is 6.42 Å². The largest absolute Gasteiger partial charge is 0.493 e. The summed E-state index contributed by atoms with van der Waals surface area (Å²) in [7, 11) is 0. The second-order valence-electron chi connectivity index (χ2n) is 2.87. The van der Waals surface area contributed by atoms with Gasteiger partial charge in [-0.25, -0.2) is 0 Å². The van der Waals surface area contributed by atoms with Gasteiger partial charge < -0.3 is 9.84 Å². The average molecular weight is 191 g/mol. The molecule has 1 aromatic carbocycles. The fourth-order valence-corrected chi connectivity index (χ4v) is 1.10. The monoisotopic (exact) mass is 191 g/mol. The molecule has 0 bridgehead atoms. The Labute approximate surface area is 83.6 Å². The third-order valence-corrected chi connectivity index (χ3v) is 1.81. The number of benzene rings is 1. The molecule has 0 unspecified atom stereocenters. The van der Waals surface area contributed by atoms with Crippen molar-refractivity contribution in [3.63, 3.8) is 0 Å². The molecule has 0 saturated heterocycles. The van der Waals surface area contributed by atoms with Crippen LogP contribution in [0.2, 0.25) is 0 Å². The van der Waals surface area contributed by atoms with E-state index in [0.29, 0.717) is 19.4 Å². The van der Waals surface area contributed by atoms with E-state index >= 15 is 0 Å². The Balaban J connectivity index is 2.43. The van der Waals surface area contributed by atoms with Crippen molar-refractivity contribution in [2.45, 2.75) is 12.8 Å². The molecule has 0 aliphatic rings. The Morgan fingerprint density at radius 2 is 2.00 bits per heavy atom. The minimum absolute atomic E-state index is 0.161. The fourth-order valence-electron chi connectivity index (χ4n) is 1.10. The van der Waals surface area contributed by atoms with Crippen molar-refractivity contribution in [3.05, 3.63) is 29.8 Å². The molecule has 0 spiro atoms. The standard InChI is InChI=1S/C11H13NO2/c12-7-1-9-14-11-4-2-10(3-5-11)6-8-13/h2-5,13H,1,6,8-9H2. The van der Waals surface area contributed by atoms with Crippen LogP contribution in [0.4, 0.5) is 0 Å². The van der Waals surface area contributed by atoms with E-state index in [1.165, 1.54) is 0 Å². The Hall–Kier alpha value is -1.53. The number of rotatable bonds is 5. The topological polar surface area (TPSA) is 53.2 Å². The summed E-state index contributed by atoms with van der Waals surface area (Å²) in [6.07, 6.45) is 1.07. The van der Waals surface area contributed by atoms with E-state index in [-0.39, 0.29) is 6.61 Å². The molecule has 0 heterocycles. The van der Waals surface area contributed by atoms with Gasteiger partial charge >= 0.3 is 0 Å². The maximum atomic E-state index is 8.70. The number of nitriles is 1. The molecule has 0 fully saturated rings. The average Bonchev–Trinajstić information content (AvgIpc) is 2.21. The number of hydrogen-bond donors (Lipinski definition) is 1. The van der Waals surface area contributed by atoms with Gasteiger partial charge in [-0.05, 0) is 24.1 Å². The molecular weight excluding hydrogens is 178 g/mol. The lowest BCUT2D eigenvalue weighted by atomic mass is 10.1. The maximum Gasteiger partial charge on any atom is 0.119 e. The summed E-state index contributed by atoms with van der Waals surface area (Å²) in [6.45, 7) is 0.588. The minimum Gasteiger partial charge on any atom is -0.493 e. The van der Waals surface area contributed by atoms with Crippen LogP contribution in [0.5, 0.6) is 5.75 Å². The third-order valence-electron chi connectivity index (χ3n) is 1.81. The molecule has 1 aromatic rings. The first-order valence-corrected chi connectivity index (χ1v) is 4.56. The normalized spacial score (nSPS) is 9.43. The highest BCUT2D eigenvalue weighted by Crippen LogP contribution is 2.12. The summed E-state index contributed by atoms with van der Waals surface area (Å²) >= 11 is 0. The zero-order chi connectivity index (χ0) is 10.2. The zero-order valence-electron chi connectivity index (χ0n) is 7.94. The van der Waals surface area contributed by atoms with Crippen LogP contribution in [0.25, 0.3) is 0 Å². The van der Waals surface area contributed by atoms with Crippen LogP contribution in [0.1, 0.15) is 12.0 Å². The molecule has 3 nitrogen and oxygen atoms in total. The summed E-state index contributed by atoms with van der Waals surface area (Å²) in [5, 5.41) is 17.0. The molecule has 1 rings (SSSR count). The van der Waals surface area contributed by atoms with Crippen molar-refractivity contribution in [1.29, 1.82) is 5.26 Å². The lowest BCUT2D eigenvalue weighted by Crippen LogP contribution is -1.96. The summed E-state index contributed by atoms with van der Waals surface area (Å²) in [5.74, 6) is 0.766. The van der Waals surface area contributed by atoms with E-state index in [9.17, 15) is 0 Å². The van der Waals surface area contributed by atoms with Crippen LogP contribution in [0, 0.1) is 11.3 Å². The van der Waals surface area contributed by atoms with Crippen molar-refractivity contribution < 1.29 is 9.84 Å². The third kappa shape index (κ3) is 3.46. The van der Waals surface area contributed by atoms with Gasteiger partial charge in [-0.3, -0.25) is 0 Å². The molecular formula is C11H13NO2. The highest BCUT2D eigenvalue weighted by Gasteiger charge is 1.94. The van der Waals surface area contributed by atoms with Crippen molar-refractivity contribution in [2.75, 3.05) is 13.2 Å². The second-order valence-corrected chi connectivity index (χ2v) is 2.87. The quantitative estimate of drug-likeness (QED) is 0.718. The van der Waals surface area contributed by atoms with Gasteiger partial charge in [0.15, 0.2) is 0 Å². The van der Waals surface area contributed by atoms with E-state index in [4.69, 9.17) is 15.1 Å². The van der Waals surface area contributed by atoms with Gasteiger partial charge in [0.2, 0.25) is 0 Å². The summed E-state index contributed by atoms with van der Waals surface area (Å²) in [4.78, 5) is 0. The van der Waals surface area contributed by atoms with E-state index in [1.807, 2.05) is 30.3 Å². The summed E-state index contributed by atoms with van der Waals surface area (Å²) in [6, 6.07) is 9.54. The summed E-state index contributed by atoms with van der Waals surface area (Å²) < 4.78 is 5.29. The van der Waals surface area contributed by atoms with Gasteiger partial charge in [0, 0.05) is 6.61 Å². The van der Waals surface area contributed by atoms with Gasteiger partial charge in [0.05, 0.1) is 12.5 Å². The number of nitrogens with zero attached hydrogens (tertiary/aromatic N) is 1. The molecule has 74 valence electrons. The predicted molar refractivity (Wildman–Crippen MR) is 53.0 cm³/mol. The summed E-state index contributed by atoms with van der Waals surface area (Å²) in [5.41, 5.74) is 1.08. The molecule has 14 heavy (non-hydrogen) atoms. The van der Waals surface area contributed by atoms with E-state index < -0.39 is 0 Å². The highest BCUT2D eigenvalue weighted by molar-refractivity contribution is 5.27. The van der Waals surface area contributed by atoms with Gasteiger partial charge in [0.25, 0.3) is 0 Å². The lowest BCUT2D eigenvalue weighted by molar-refractivity contribution is 0.299. The van der Waals surface area contributed by atoms with Crippen LogP contribution in [0.15, 0.2) is 24.3 Å². The Morgan fingerprint density at radius 3 is 2.57 bits per heavy atom. The Kier molecular flexibility index (Phi) is 4.53. The van der Waals surface area contributed by atoms with Crippen LogP contribution in [-0.4, -0.2) is 18.3 Å². The molecule has 0 amide bonds. The first-order chi connectivity index (χ1) is 6.86. The van der Waals surface area contributed by atoms with Crippen LogP contribution >= 0.6 is 0 Å². The first kappa shape index (κ1) is 10.6. The molecule has 0 aliphatic carbocycles. The number of aliphatic hydroxyl groups is 1. The van der Waals surface area contributed by atoms with Crippen molar-refractivity contribution >= 4 is 0 Å². The molecule has 0 aliphatic heterocycles. The first-order valence-electron chi connectivity index (χ1n) is 4.56. The zero-order valence-corrected chi connectivity index (χ0v) is 7.94. The van der Waals surface area contributed by atoms with Gasteiger partial charge in [-0.15, -0.1) is 0 Å². The Bertz CT molecular complexity index is 300. The maximum absolute atomic E-state index is 8.70. The minimum atomic E-state index is 0.161.